The number of hydrogen-bond donors (Lipinski definition) is 1. The quantitative estimate of drug-likeness (QED) is 0.803. The van der Waals surface area contributed by atoms with Crippen LogP contribution in [0.4, 0.5) is 4.39 Å². The summed E-state index contributed by atoms with van der Waals surface area (Å²) in [6.45, 7) is 1.91. The first-order valence-electron chi connectivity index (χ1n) is 4.63. The van der Waals surface area contributed by atoms with Crippen molar-refractivity contribution in [2.75, 3.05) is 0 Å². The highest BCUT2D eigenvalue weighted by molar-refractivity contribution is 5.75. The molecule has 0 radical (unpaired) electrons. The van der Waals surface area contributed by atoms with Gasteiger partial charge in [0.2, 0.25) is 0 Å². The van der Waals surface area contributed by atoms with Crippen LogP contribution >= 0.6 is 0 Å². The number of aliphatic carboxylic acids is 1. The molecule has 0 heterocycles. The van der Waals surface area contributed by atoms with Gasteiger partial charge in [-0.1, -0.05) is 25.5 Å². The first-order valence-corrected chi connectivity index (χ1v) is 4.63. The van der Waals surface area contributed by atoms with Crippen molar-refractivity contribution in [2.24, 2.45) is 0 Å². The molecule has 0 saturated carbocycles. The number of benzene rings is 1. The largest absolute Gasteiger partial charge is 0.481 e. The number of carbonyl (C=O) groups is 1. The van der Waals surface area contributed by atoms with Crippen LogP contribution in [0.2, 0.25) is 0 Å². The van der Waals surface area contributed by atoms with Gasteiger partial charge in [-0.05, 0) is 24.1 Å². The van der Waals surface area contributed by atoms with E-state index in [-0.39, 0.29) is 5.82 Å². The van der Waals surface area contributed by atoms with Gasteiger partial charge < -0.3 is 5.11 Å². The molecule has 0 aromatic heterocycles. The molecule has 0 saturated heterocycles. The minimum atomic E-state index is -0.891. The molecule has 2 nitrogen and oxygen atoms in total. The van der Waals surface area contributed by atoms with Crippen LogP contribution in [-0.4, -0.2) is 11.1 Å². The summed E-state index contributed by atoms with van der Waals surface area (Å²) in [7, 11) is 0. The fourth-order valence-corrected chi connectivity index (χ4v) is 1.44. The summed E-state index contributed by atoms with van der Waals surface area (Å²) in [4.78, 5) is 10.9. The third-order valence-corrected chi connectivity index (χ3v) is 2.13. The lowest BCUT2D eigenvalue weighted by Crippen LogP contribution is -2.11. The van der Waals surface area contributed by atoms with Crippen LogP contribution in [0.5, 0.6) is 0 Å². The first kappa shape index (κ1) is 10.7. The summed E-state index contributed by atoms with van der Waals surface area (Å²) in [5, 5.41) is 8.93. The maximum absolute atomic E-state index is 12.8. The highest BCUT2D eigenvalue weighted by Gasteiger charge is 2.18. The first-order chi connectivity index (χ1) is 6.65. The minimum absolute atomic E-state index is 0.384. The minimum Gasteiger partial charge on any atom is -0.481 e. The van der Waals surface area contributed by atoms with Gasteiger partial charge >= 0.3 is 5.97 Å². The van der Waals surface area contributed by atoms with Gasteiger partial charge in [-0.15, -0.1) is 0 Å². The molecule has 1 unspecified atom stereocenters. The molecular formula is C11H13FO2. The molecule has 0 amide bonds. The van der Waals surface area contributed by atoms with Gasteiger partial charge in [0.1, 0.15) is 5.82 Å². The second kappa shape index (κ2) is 4.74. The van der Waals surface area contributed by atoms with Crippen molar-refractivity contribution in [3.63, 3.8) is 0 Å². The number of carboxylic acids is 1. The Bertz CT molecular complexity index is 323. The fraction of sp³-hybridized carbons (Fsp3) is 0.364. The highest BCUT2D eigenvalue weighted by Crippen LogP contribution is 2.21. The predicted octanol–water partition coefficient (Wildman–Crippen LogP) is 2.79. The molecule has 0 bridgehead atoms. The monoisotopic (exact) mass is 196 g/mol. The Kier molecular flexibility index (Phi) is 3.63. The lowest BCUT2D eigenvalue weighted by Gasteiger charge is -2.10. The van der Waals surface area contributed by atoms with E-state index in [1.165, 1.54) is 18.2 Å². The van der Waals surface area contributed by atoms with E-state index < -0.39 is 11.9 Å². The van der Waals surface area contributed by atoms with Gasteiger partial charge in [-0.2, -0.15) is 0 Å². The normalized spacial score (nSPS) is 12.4. The maximum Gasteiger partial charge on any atom is 0.310 e. The Labute approximate surface area is 82.4 Å². The number of hydrogen-bond acceptors (Lipinski definition) is 1. The Morgan fingerprint density at radius 3 is 2.79 bits per heavy atom. The highest BCUT2D eigenvalue weighted by atomic mass is 19.1. The van der Waals surface area contributed by atoms with Crippen molar-refractivity contribution in [3.05, 3.63) is 35.6 Å². The molecule has 76 valence electrons. The molecule has 1 rings (SSSR count). The van der Waals surface area contributed by atoms with Crippen LogP contribution in [0.15, 0.2) is 24.3 Å². The van der Waals surface area contributed by atoms with E-state index in [1.807, 2.05) is 6.92 Å². The Hall–Kier alpha value is -1.38. The standard InChI is InChI=1S/C11H13FO2/c1-2-4-10(11(13)14)8-5-3-6-9(12)7-8/h3,5-7,10H,2,4H2,1H3,(H,13,14). The molecular weight excluding hydrogens is 183 g/mol. The van der Waals surface area contributed by atoms with Gasteiger partial charge in [0.05, 0.1) is 5.92 Å². The van der Waals surface area contributed by atoms with Crippen molar-refractivity contribution >= 4 is 5.97 Å². The van der Waals surface area contributed by atoms with Gasteiger partial charge in [-0.25, -0.2) is 4.39 Å². The molecule has 0 aliphatic rings. The number of rotatable bonds is 4. The summed E-state index contributed by atoms with van der Waals surface area (Å²) in [6, 6.07) is 5.79. The van der Waals surface area contributed by atoms with Crippen LogP contribution in [0.1, 0.15) is 31.2 Å². The molecule has 3 heteroatoms. The third kappa shape index (κ3) is 2.55. The average Bonchev–Trinajstić information content (AvgIpc) is 2.13. The fourth-order valence-electron chi connectivity index (χ4n) is 1.44. The lowest BCUT2D eigenvalue weighted by molar-refractivity contribution is -0.139. The molecule has 1 aromatic carbocycles. The van der Waals surface area contributed by atoms with Gasteiger partial charge in [0.25, 0.3) is 0 Å². The number of carboxylic acid groups (broad SMARTS) is 1. The average molecular weight is 196 g/mol. The zero-order valence-corrected chi connectivity index (χ0v) is 8.03. The Morgan fingerprint density at radius 1 is 1.57 bits per heavy atom. The van der Waals surface area contributed by atoms with E-state index in [0.717, 1.165) is 6.42 Å². The summed E-state index contributed by atoms with van der Waals surface area (Å²) in [5.41, 5.74) is 0.541. The SMILES string of the molecule is CCCC(C(=O)O)c1cccc(F)c1. The zero-order chi connectivity index (χ0) is 10.6. The predicted molar refractivity (Wildman–Crippen MR) is 51.7 cm³/mol. The molecule has 0 spiro atoms. The van der Waals surface area contributed by atoms with Crippen molar-refractivity contribution in [1.29, 1.82) is 0 Å². The van der Waals surface area contributed by atoms with Crippen molar-refractivity contribution in [1.82, 2.24) is 0 Å². The van der Waals surface area contributed by atoms with Crippen LogP contribution in [0.25, 0.3) is 0 Å². The molecule has 1 atom stereocenters. The van der Waals surface area contributed by atoms with E-state index >= 15 is 0 Å². The lowest BCUT2D eigenvalue weighted by atomic mass is 9.95. The Morgan fingerprint density at radius 2 is 2.29 bits per heavy atom. The molecule has 1 N–H and O–H groups in total. The summed E-state index contributed by atoms with van der Waals surface area (Å²) in [5.74, 6) is -1.86. The molecule has 14 heavy (non-hydrogen) atoms. The van der Waals surface area contributed by atoms with Gasteiger partial charge in [0.15, 0.2) is 0 Å². The van der Waals surface area contributed by atoms with Crippen LogP contribution < -0.4 is 0 Å². The second-order valence-corrected chi connectivity index (χ2v) is 3.23. The van der Waals surface area contributed by atoms with Gasteiger partial charge in [0, 0.05) is 0 Å². The van der Waals surface area contributed by atoms with E-state index in [1.54, 1.807) is 6.07 Å². The van der Waals surface area contributed by atoms with Crippen molar-refractivity contribution < 1.29 is 14.3 Å². The zero-order valence-electron chi connectivity index (χ0n) is 8.03. The summed E-state index contributed by atoms with van der Waals surface area (Å²) >= 11 is 0. The van der Waals surface area contributed by atoms with E-state index in [9.17, 15) is 9.18 Å². The van der Waals surface area contributed by atoms with E-state index in [0.29, 0.717) is 12.0 Å². The molecule has 0 aliphatic carbocycles. The van der Waals surface area contributed by atoms with Crippen molar-refractivity contribution in [3.8, 4) is 0 Å². The molecule has 0 aliphatic heterocycles. The number of halogens is 1. The smallest absolute Gasteiger partial charge is 0.310 e. The van der Waals surface area contributed by atoms with Crippen LogP contribution in [0.3, 0.4) is 0 Å². The maximum atomic E-state index is 12.8. The third-order valence-electron chi connectivity index (χ3n) is 2.13. The summed E-state index contributed by atoms with van der Waals surface area (Å²) in [6.07, 6.45) is 1.31. The van der Waals surface area contributed by atoms with Crippen LogP contribution in [0, 0.1) is 5.82 Å². The topological polar surface area (TPSA) is 37.3 Å². The van der Waals surface area contributed by atoms with E-state index in [4.69, 9.17) is 5.11 Å². The Balaban J connectivity index is 2.93. The van der Waals surface area contributed by atoms with E-state index in [2.05, 4.69) is 0 Å². The molecule has 1 aromatic rings. The van der Waals surface area contributed by atoms with Gasteiger partial charge in [-0.3, -0.25) is 4.79 Å². The van der Waals surface area contributed by atoms with Crippen molar-refractivity contribution in [2.45, 2.75) is 25.7 Å². The second-order valence-electron chi connectivity index (χ2n) is 3.23. The molecule has 0 fully saturated rings. The summed E-state index contributed by atoms with van der Waals surface area (Å²) < 4.78 is 12.8. The van der Waals surface area contributed by atoms with Crippen LogP contribution in [-0.2, 0) is 4.79 Å².